The smallest absolute Gasteiger partial charge is 0.186 e. The Morgan fingerprint density at radius 1 is 1.10 bits per heavy atom. The first-order valence-corrected chi connectivity index (χ1v) is 6.90. The molecule has 7 nitrogen and oxygen atoms in total. The molecule has 120 valence electrons. The van der Waals surface area contributed by atoms with E-state index in [4.69, 9.17) is 14.6 Å². The fourth-order valence-corrected chi connectivity index (χ4v) is 2.13. The van der Waals surface area contributed by atoms with Crippen LogP contribution in [0.4, 0.5) is 0 Å². The van der Waals surface area contributed by atoms with Crippen LogP contribution >= 0.6 is 0 Å². The van der Waals surface area contributed by atoms with Crippen molar-refractivity contribution in [3.05, 3.63) is 0 Å². The first-order chi connectivity index (χ1) is 9.30. The summed E-state index contributed by atoms with van der Waals surface area (Å²) in [6.45, 7) is 6.22. The molecule has 0 spiro atoms. The maximum Gasteiger partial charge on any atom is 0.186 e. The van der Waals surface area contributed by atoms with Gasteiger partial charge >= 0.3 is 0 Å². The second-order valence-corrected chi connectivity index (χ2v) is 6.10. The Balaban J connectivity index is 2.45. The molecule has 1 fully saturated rings. The van der Waals surface area contributed by atoms with E-state index in [-0.39, 0.29) is 18.8 Å². The molecule has 5 atom stereocenters. The Kier molecular flexibility index (Phi) is 6.80. The molecule has 5 N–H and O–H groups in total. The Labute approximate surface area is 119 Å². The lowest BCUT2D eigenvalue weighted by molar-refractivity contribution is -0.293. The number of ether oxygens (including phenoxy) is 2. The van der Waals surface area contributed by atoms with Crippen LogP contribution in [-0.2, 0) is 9.47 Å². The van der Waals surface area contributed by atoms with Gasteiger partial charge in [-0.2, -0.15) is 0 Å². The highest BCUT2D eigenvalue weighted by Gasteiger charge is 2.44. The molecule has 1 aliphatic rings. The third-order valence-corrected chi connectivity index (χ3v) is 3.28. The number of rotatable bonds is 6. The molecule has 0 aromatic rings. The Morgan fingerprint density at radius 3 is 2.25 bits per heavy atom. The normalized spacial score (nSPS) is 35.2. The predicted molar refractivity (Wildman–Crippen MR) is 72.0 cm³/mol. The molecule has 0 amide bonds. The van der Waals surface area contributed by atoms with Crippen LogP contribution in [0, 0.1) is 5.92 Å². The van der Waals surface area contributed by atoms with Crippen LogP contribution in [0.3, 0.4) is 0 Å². The first-order valence-electron chi connectivity index (χ1n) is 6.90. The minimum atomic E-state index is -1.25. The number of nitrogens with one attached hydrogen (secondary N) is 1. The van der Waals surface area contributed by atoms with Crippen molar-refractivity contribution in [3.8, 4) is 0 Å². The van der Waals surface area contributed by atoms with Crippen LogP contribution in [0.1, 0.15) is 20.8 Å². The molecule has 0 radical (unpaired) electrons. The minimum Gasteiger partial charge on any atom is -0.396 e. The van der Waals surface area contributed by atoms with E-state index in [1.807, 2.05) is 20.8 Å². The molecule has 2 unspecified atom stereocenters. The monoisotopic (exact) mass is 293 g/mol. The van der Waals surface area contributed by atoms with Gasteiger partial charge in [-0.15, -0.1) is 0 Å². The van der Waals surface area contributed by atoms with Crippen molar-refractivity contribution >= 4 is 0 Å². The fraction of sp³-hybridized carbons (Fsp3) is 1.00. The summed E-state index contributed by atoms with van der Waals surface area (Å²) in [5.41, 5.74) is -0.0372. The summed E-state index contributed by atoms with van der Waals surface area (Å²) in [4.78, 5) is 0. The number of aliphatic hydroxyl groups is 4. The number of hydrogen-bond donors (Lipinski definition) is 5. The Morgan fingerprint density at radius 2 is 1.75 bits per heavy atom. The molecule has 0 bridgehead atoms. The van der Waals surface area contributed by atoms with Gasteiger partial charge in [0.1, 0.15) is 6.10 Å². The van der Waals surface area contributed by atoms with Crippen molar-refractivity contribution < 1.29 is 29.9 Å². The summed E-state index contributed by atoms with van der Waals surface area (Å²) in [5.74, 6) is -0.720. The molecule has 1 saturated heterocycles. The van der Waals surface area contributed by atoms with Crippen molar-refractivity contribution in [2.75, 3.05) is 26.4 Å². The zero-order valence-electron chi connectivity index (χ0n) is 12.3. The lowest BCUT2D eigenvalue weighted by atomic mass is 9.90. The van der Waals surface area contributed by atoms with Gasteiger partial charge < -0.3 is 35.2 Å². The number of hydrogen-bond acceptors (Lipinski definition) is 7. The first kappa shape index (κ1) is 17.8. The average Bonchev–Trinajstić information content (AvgIpc) is 2.37. The predicted octanol–water partition coefficient (Wildman–Crippen LogP) is -1.56. The van der Waals surface area contributed by atoms with E-state index in [1.165, 1.54) is 0 Å². The summed E-state index contributed by atoms with van der Waals surface area (Å²) in [6, 6.07) is 0. The molecule has 0 aliphatic carbocycles. The maximum absolute atomic E-state index is 9.90. The SMILES string of the molecule is CC(C)(C)NCCO[C@@H]1OC(CO)[C@H](CO)[C@H](O)C1O. The zero-order chi connectivity index (χ0) is 15.3. The topological polar surface area (TPSA) is 111 Å². The van der Waals surface area contributed by atoms with E-state index >= 15 is 0 Å². The average molecular weight is 293 g/mol. The molecule has 1 aliphatic heterocycles. The molecular formula is C13H27NO6. The second kappa shape index (κ2) is 7.65. The molecule has 0 aromatic heterocycles. The van der Waals surface area contributed by atoms with Crippen molar-refractivity contribution in [3.63, 3.8) is 0 Å². The van der Waals surface area contributed by atoms with Gasteiger partial charge in [-0.1, -0.05) is 0 Å². The van der Waals surface area contributed by atoms with Crippen molar-refractivity contribution in [2.24, 2.45) is 5.92 Å². The molecule has 0 saturated carbocycles. The largest absolute Gasteiger partial charge is 0.396 e. The van der Waals surface area contributed by atoms with E-state index in [2.05, 4.69) is 5.32 Å². The molecule has 20 heavy (non-hydrogen) atoms. The quantitative estimate of drug-likeness (QED) is 0.377. The van der Waals surface area contributed by atoms with E-state index in [0.717, 1.165) is 0 Å². The standard InChI is InChI=1S/C13H27NO6/c1-13(2,3)14-4-5-19-12-11(18)10(17)8(6-15)9(7-16)20-12/h8-12,14-18H,4-7H2,1-3H3/t8-,9?,10-,11?,12+/m0/s1. The summed E-state index contributed by atoms with van der Waals surface area (Å²) >= 11 is 0. The molecule has 1 heterocycles. The van der Waals surface area contributed by atoms with Gasteiger partial charge in [0.25, 0.3) is 0 Å². The maximum atomic E-state index is 9.90. The van der Waals surface area contributed by atoms with Gasteiger partial charge in [0.15, 0.2) is 6.29 Å². The second-order valence-electron chi connectivity index (χ2n) is 6.10. The molecular weight excluding hydrogens is 266 g/mol. The molecule has 7 heteroatoms. The summed E-state index contributed by atoms with van der Waals surface area (Å²) in [7, 11) is 0. The van der Waals surface area contributed by atoms with Crippen LogP contribution in [-0.4, -0.2) is 76.9 Å². The van der Waals surface area contributed by atoms with Crippen LogP contribution in [0.2, 0.25) is 0 Å². The van der Waals surface area contributed by atoms with Gasteiger partial charge in [0.05, 0.1) is 32.0 Å². The van der Waals surface area contributed by atoms with E-state index in [9.17, 15) is 15.3 Å². The van der Waals surface area contributed by atoms with Gasteiger partial charge in [0.2, 0.25) is 0 Å². The summed E-state index contributed by atoms with van der Waals surface area (Å²) in [5, 5.41) is 41.4. The summed E-state index contributed by atoms with van der Waals surface area (Å²) < 4.78 is 10.8. The zero-order valence-corrected chi connectivity index (χ0v) is 12.3. The third kappa shape index (κ3) is 4.92. The Hall–Kier alpha value is -0.280. The van der Waals surface area contributed by atoms with E-state index in [1.54, 1.807) is 0 Å². The van der Waals surface area contributed by atoms with Crippen LogP contribution in [0.25, 0.3) is 0 Å². The van der Waals surface area contributed by atoms with Crippen LogP contribution in [0.5, 0.6) is 0 Å². The van der Waals surface area contributed by atoms with Gasteiger partial charge in [-0.25, -0.2) is 0 Å². The molecule has 1 rings (SSSR count). The van der Waals surface area contributed by atoms with Gasteiger partial charge in [-0.3, -0.25) is 0 Å². The fourth-order valence-electron chi connectivity index (χ4n) is 2.13. The molecule has 0 aromatic carbocycles. The minimum absolute atomic E-state index is 0.0372. The highest BCUT2D eigenvalue weighted by atomic mass is 16.7. The van der Waals surface area contributed by atoms with Crippen LogP contribution in [0.15, 0.2) is 0 Å². The van der Waals surface area contributed by atoms with Crippen LogP contribution < -0.4 is 5.32 Å². The highest BCUT2D eigenvalue weighted by Crippen LogP contribution is 2.26. The number of aliphatic hydroxyl groups excluding tert-OH is 4. The van der Waals surface area contributed by atoms with Gasteiger partial charge in [-0.05, 0) is 20.8 Å². The Bertz CT molecular complexity index is 281. The lowest BCUT2D eigenvalue weighted by Crippen LogP contribution is -2.57. The van der Waals surface area contributed by atoms with Crippen molar-refractivity contribution in [2.45, 2.75) is 50.9 Å². The highest BCUT2D eigenvalue weighted by molar-refractivity contribution is 4.88. The van der Waals surface area contributed by atoms with Crippen molar-refractivity contribution in [1.82, 2.24) is 5.32 Å². The van der Waals surface area contributed by atoms with E-state index < -0.39 is 30.5 Å². The van der Waals surface area contributed by atoms with Gasteiger partial charge in [0, 0.05) is 18.0 Å². The third-order valence-electron chi connectivity index (χ3n) is 3.28. The lowest BCUT2D eigenvalue weighted by Gasteiger charge is -2.41. The van der Waals surface area contributed by atoms with E-state index in [0.29, 0.717) is 13.2 Å². The van der Waals surface area contributed by atoms with Crippen molar-refractivity contribution in [1.29, 1.82) is 0 Å². The summed E-state index contributed by atoms with van der Waals surface area (Å²) in [6.07, 6.45) is -4.19.